The van der Waals surface area contributed by atoms with Crippen molar-refractivity contribution in [1.82, 2.24) is 15.0 Å². The quantitative estimate of drug-likeness (QED) is 0.0876. The summed E-state index contributed by atoms with van der Waals surface area (Å²) in [5, 5.41) is 19.6. The van der Waals surface area contributed by atoms with Crippen molar-refractivity contribution in [2.45, 2.75) is 17.7 Å². The first-order valence-corrected chi connectivity index (χ1v) is 19.7. The van der Waals surface area contributed by atoms with E-state index < -0.39 is 36.6 Å². The minimum absolute atomic E-state index is 0.0995. The minimum atomic E-state index is -4.40. The molecule has 0 radical (unpaired) electrons. The molecule has 0 spiro atoms. The average Bonchev–Trinajstić information content (AvgIpc) is 3.13. The predicted octanol–water partition coefficient (Wildman–Crippen LogP) is 5.44. The van der Waals surface area contributed by atoms with Gasteiger partial charge in [-0.15, -0.1) is 12.6 Å². The zero-order valence-corrected chi connectivity index (χ0v) is 31.4. The monoisotopic (exact) mass is 812 g/mol. The highest BCUT2D eigenvalue weighted by Gasteiger charge is 2.15. The molecule has 0 bridgehead atoms. The number of methoxy groups -OCH3 is 2. The third-order valence-electron chi connectivity index (χ3n) is 7.04. The summed E-state index contributed by atoms with van der Waals surface area (Å²) in [6.07, 6.45) is 0.395. The Balaban J connectivity index is 0.00000160. The molecule has 3 N–H and O–H groups in total. The molecule has 1 heterocycles. The zero-order valence-electron chi connectivity index (χ0n) is 28.9. The average molecular weight is 813 g/mol. The highest BCUT2D eigenvalue weighted by Crippen LogP contribution is 2.30. The lowest BCUT2D eigenvalue weighted by Gasteiger charge is -2.12. The molecule has 19 nitrogen and oxygen atoms in total. The fourth-order valence-corrected chi connectivity index (χ4v) is 5.53. The van der Waals surface area contributed by atoms with Crippen molar-refractivity contribution in [3.05, 3.63) is 114 Å². The molecule has 0 atom stereocenters. The number of ether oxygens (including phenoxy) is 2. The van der Waals surface area contributed by atoms with Crippen molar-refractivity contribution >= 4 is 59.5 Å². The maximum Gasteiger partial charge on any atom is 0.425 e. The molecule has 0 aliphatic carbocycles. The van der Waals surface area contributed by atoms with Crippen LogP contribution in [0.3, 0.4) is 0 Å². The summed E-state index contributed by atoms with van der Waals surface area (Å²) in [5.41, 5.74) is 3.30. The lowest BCUT2D eigenvalue weighted by Crippen LogP contribution is -2.17. The van der Waals surface area contributed by atoms with Gasteiger partial charge in [0, 0.05) is 42.6 Å². The van der Waals surface area contributed by atoms with Crippen LogP contribution in [-0.4, -0.2) is 80.0 Å². The van der Waals surface area contributed by atoms with Gasteiger partial charge in [-0.05, 0) is 42.5 Å². The standard InChI is InChI=1S/C33H32N8O8S2.O3S/c1-48-29-20-26(40-38-24-7-4-3-5-8-24)13-11-22(29)17-31-35-32(37-33(36-31)34-15-16-50(42,43)44)18-23-12-14-27(21-30(23)49-2)41-39-25-9-6-10-28(19-25)51(45,46)47;1-4(2)3/h3-14,19-21H,15-18H2,1-2H3,(H,42,43,44)(H,45,46,47)(H,34,35,36,37);. The van der Waals surface area contributed by atoms with Gasteiger partial charge in [0.05, 0.1) is 47.6 Å². The van der Waals surface area contributed by atoms with E-state index in [-0.39, 0.29) is 35.9 Å². The van der Waals surface area contributed by atoms with Crippen LogP contribution in [0.5, 0.6) is 11.5 Å². The molecule has 288 valence electrons. The molecular formula is C33H32N8O11S3. The van der Waals surface area contributed by atoms with Crippen LogP contribution in [0.25, 0.3) is 0 Å². The van der Waals surface area contributed by atoms with Crippen LogP contribution in [0, 0.1) is 0 Å². The van der Waals surface area contributed by atoms with Gasteiger partial charge < -0.3 is 14.8 Å². The van der Waals surface area contributed by atoms with Crippen LogP contribution >= 0.6 is 0 Å². The first-order valence-electron chi connectivity index (χ1n) is 15.6. The Morgan fingerprint density at radius 3 is 1.58 bits per heavy atom. The molecule has 0 saturated heterocycles. The van der Waals surface area contributed by atoms with Crippen molar-refractivity contribution in [3.8, 4) is 11.5 Å². The molecule has 0 aliphatic rings. The van der Waals surface area contributed by atoms with Crippen LogP contribution in [0.4, 0.5) is 28.7 Å². The molecule has 5 aromatic rings. The fraction of sp³-hybridized carbons (Fsp3) is 0.182. The molecule has 0 fully saturated rings. The number of benzene rings is 4. The molecule has 0 amide bonds. The van der Waals surface area contributed by atoms with Gasteiger partial charge in [0.2, 0.25) is 5.95 Å². The van der Waals surface area contributed by atoms with Gasteiger partial charge in [0.1, 0.15) is 23.1 Å². The van der Waals surface area contributed by atoms with E-state index >= 15 is 0 Å². The molecule has 0 saturated carbocycles. The first kappa shape index (κ1) is 41.7. The fourth-order valence-electron chi connectivity index (χ4n) is 4.65. The molecular weight excluding hydrogens is 781 g/mol. The predicted molar refractivity (Wildman–Crippen MR) is 197 cm³/mol. The summed E-state index contributed by atoms with van der Waals surface area (Å²) in [6.45, 7) is -0.150. The Bertz CT molecular complexity index is 2520. The Morgan fingerprint density at radius 2 is 1.11 bits per heavy atom. The molecule has 0 aliphatic heterocycles. The SMILES string of the molecule is COc1cc(N=Nc2ccccc2)ccc1Cc1nc(Cc2ccc(N=Nc3cccc(S(=O)(=O)O)c3)cc2OC)nc(NCCS(=O)(=O)O)n1.O=S(=O)=O. The van der Waals surface area contributed by atoms with Gasteiger partial charge in [-0.1, -0.05) is 36.4 Å². The number of nitrogens with one attached hydrogen (secondary N) is 1. The second kappa shape index (κ2) is 19.3. The third kappa shape index (κ3) is 14.0. The van der Waals surface area contributed by atoms with Crippen molar-refractivity contribution < 1.29 is 48.0 Å². The van der Waals surface area contributed by atoms with Crippen LogP contribution in [0.1, 0.15) is 22.8 Å². The van der Waals surface area contributed by atoms with Crippen LogP contribution in [0.15, 0.2) is 116 Å². The molecule has 1 aromatic heterocycles. The van der Waals surface area contributed by atoms with E-state index in [0.29, 0.717) is 45.8 Å². The number of anilines is 1. The molecule has 4 aromatic carbocycles. The van der Waals surface area contributed by atoms with Crippen molar-refractivity contribution in [2.24, 2.45) is 20.5 Å². The third-order valence-corrected chi connectivity index (χ3v) is 8.61. The summed E-state index contributed by atoms with van der Waals surface area (Å²) in [7, 11) is -8.73. The van der Waals surface area contributed by atoms with Crippen molar-refractivity contribution in [1.29, 1.82) is 0 Å². The van der Waals surface area contributed by atoms with E-state index in [4.69, 9.17) is 22.1 Å². The number of nitrogens with zero attached hydrogens (tertiary/aromatic N) is 7. The smallest absolute Gasteiger partial charge is 0.425 e. The topological polar surface area (TPSA) is 279 Å². The lowest BCUT2D eigenvalue weighted by molar-refractivity contribution is 0.410. The Labute approximate surface area is 316 Å². The highest BCUT2D eigenvalue weighted by molar-refractivity contribution is 7.86. The number of azo groups is 2. The summed E-state index contributed by atoms with van der Waals surface area (Å²) >= 11 is 0. The molecule has 55 heavy (non-hydrogen) atoms. The second-order valence-electron chi connectivity index (χ2n) is 11.0. The number of aromatic nitrogens is 3. The highest BCUT2D eigenvalue weighted by atomic mass is 32.2. The van der Waals surface area contributed by atoms with E-state index in [0.717, 1.165) is 5.56 Å². The van der Waals surface area contributed by atoms with Crippen LogP contribution in [0.2, 0.25) is 0 Å². The van der Waals surface area contributed by atoms with Gasteiger partial charge >= 0.3 is 10.6 Å². The largest absolute Gasteiger partial charge is 0.496 e. The summed E-state index contributed by atoms with van der Waals surface area (Å²) in [6, 6.07) is 25.1. The maximum atomic E-state index is 11.5. The van der Waals surface area contributed by atoms with E-state index in [2.05, 4.69) is 40.7 Å². The summed E-state index contributed by atoms with van der Waals surface area (Å²) in [4.78, 5) is 13.3. The molecule has 22 heteroatoms. The van der Waals surface area contributed by atoms with Gasteiger partial charge in [-0.3, -0.25) is 9.11 Å². The summed E-state index contributed by atoms with van der Waals surface area (Å²) < 4.78 is 101. The van der Waals surface area contributed by atoms with Crippen molar-refractivity contribution in [3.63, 3.8) is 0 Å². The molecule has 0 unspecified atom stereocenters. The van der Waals surface area contributed by atoms with Gasteiger partial charge in [0.25, 0.3) is 20.2 Å². The maximum absolute atomic E-state index is 11.5. The van der Waals surface area contributed by atoms with E-state index in [1.807, 2.05) is 36.4 Å². The Morgan fingerprint density at radius 1 is 0.636 bits per heavy atom. The van der Waals surface area contributed by atoms with E-state index in [1.54, 1.807) is 30.3 Å². The number of hydrogen-bond donors (Lipinski definition) is 3. The second-order valence-corrected chi connectivity index (χ2v) is 14.4. The normalized spacial score (nSPS) is 11.6. The first-order chi connectivity index (χ1) is 26.1. The lowest BCUT2D eigenvalue weighted by atomic mass is 10.1. The van der Waals surface area contributed by atoms with Gasteiger partial charge in [-0.2, -0.15) is 47.3 Å². The summed E-state index contributed by atoms with van der Waals surface area (Å²) in [5.74, 6) is 1.18. The van der Waals surface area contributed by atoms with Crippen molar-refractivity contribution in [2.75, 3.05) is 31.8 Å². The Hall–Kier alpha value is -6.07. The number of rotatable bonds is 15. The molecule has 5 rings (SSSR count). The van der Waals surface area contributed by atoms with Crippen LogP contribution < -0.4 is 14.8 Å². The van der Waals surface area contributed by atoms with Gasteiger partial charge in [-0.25, -0.2) is 4.98 Å². The van der Waals surface area contributed by atoms with E-state index in [9.17, 15) is 25.9 Å². The number of hydrogen-bond acceptors (Lipinski definition) is 17. The van der Waals surface area contributed by atoms with Gasteiger partial charge in [0.15, 0.2) is 0 Å². The minimum Gasteiger partial charge on any atom is -0.496 e. The van der Waals surface area contributed by atoms with E-state index in [1.165, 1.54) is 38.5 Å². The zero-order chi connectivity index (χ0) is 40.0. The Kier molecular flexibility index (Phi) is 14.6. The van der Waals surface area contributed by atoms with Crippen LogP contribution in [-0.2, 0) is 43.7 Å².